The van der Waals surface area contributed by atoms with Gasteiger partial charge in [0.15, 0.2) is 5.82 Å². The van der Waals surface area contributed by atoms with Gasteiger partial charge in [-0.3, -0.25) is 14.6 Å². The summed E-state index contributed by atoms with van der Waals surface area (Å²) in [5, 5.41) is 9.17. The third-order valence-corrected chi connectivity index (χ3v) is 8.19. The Labute approximate surface area is 184 Å². The molecule has 7 rings (SSSR count). The average Bonchev–Trinajstić information content (AvgIpc) is 3.45. The monoisotopic (exact) mass is 435 g/mol. The van der Waals surface area contributed by atoms with Crippen LogP contribution in [0.4, 0.5) is 5.82 Å². The van der Waals surface area contributed by atoms with Crippen LogP contribution in [0.5, 0.6) is 0 Å². The molecule has 0 radical (unpaired) electrons. The van der Waals surface area contributed by atoms with E-state index in [9.17, 15) is 4.79 Å². The summed E-state index contributed by atoms with van der Waals surface area (Å²) in [6.45, 7) is 5.06. The van der Waals surface area contributed by atoms with Crippen LogP contribution in [0.15, 0.2) is 6.20 Å². The van der Waals surface area contributed by atoms with Crippen LogP contribution in [0.1, 0.15) is 51.4 Å². The lowest BCUT2D eigenvalue weighted by Crippen LogP contribution is -2.52. The third-order valence-electron chi connectivity index (χ3n) is 8.19. The molecule has 30 heavy (non-hydrogen) atoms. The number of hydrogen-bond donors (Lipinski definition) is 0. The normalized spacial score (nSPS) is 35.3. The van der Waals surface area contributed by atoms with E-state index in [2.05, 4.69) is 26.1 Å². The van der Waals surface area contributed by atoms with Crippen molar-refractivity contribution in [2.45, 2.75) is 56.9 Å². The van der Waals surface area contributed by atoms with E-state index in [0.29, 0.717) is 6.54 Å². The van der Waals surface area contributed by atoms with Gasteiger partial charge < -0.3 is 4.74 Å². The van der Waals surface area contributed by atoms with Gasteiger partial charge in [-0.25, -0.2) is 4.68 Å². The van der Waals surface area contributed by atoms with Crippen molar-refractivity contribution < 1.29 is 9.53 Å². The molecule has 1 aromatic heterocycles. The topological polar surface area (TPSA) is 63.5 Å². The summed E-state index contributed by atoms with van der Waals surface area (Å²) < 4.78 is 7.63. The summed E-state index contributed by atoms with van der Waals surface area (Å²) in [4.78, 5) is 17.4. The van der Waals surface area contributed by atoms with Gasteiger partial charge in [-0.15, -0.1) is 17.5 Å². The lowest BCUT2D eigenvalue weighted by atomic mass is 9.53. The molecule has 5 aliphatic carbocycles. The highest BCUT2D eigenvalue weighted by molar-refractivity contribution is 5.95. The van der Waals surface area contributed by atoms with Crippen LogP contribution in [-0.2, 0) is 15.1 Å². The molecule has 166 valence electrons. The molecule has 6 aliphatic rings. The van der Waals surface area contributed by atoms with Crippen molar-refractivity contribution in [2.24, 2.45) is 23.7 Å². The zero-order chi connectivity index (χ0) is 19.4. The molecule has 0 aromatic carbocycles. The Bertz CT molecular complexity index is 738. The maximum Gasteiger partial charge on any atom is 0.231 e. The molecule has 1 amide bonds. The maximum atomic E-state index is 13.0. The van der Waals surface area contributed by atoms with Crippen LogP contribution in [0, 0.1) is 23.7 Å². The lowest BCUT2D eigenvalue weighted by Gasteiger charge is -2.56. The second kappa shape index (κ2) is 8.06. The third kappa shape index (κ3) is 3.78. The SMILES string of the molecule is Cl.O=C(C1CC1)N(CCN1CCOCC1)c1cn(C23CC4CC(CC(C4)C2)C3)nn1. The predicted molar refractivity (Wildman–Crippen MR) is 116 cm³/mol. The Balaban J connectivity index is 0.00000193. The van der Waals surface area contributed by atoms with Crippen molar-refractivity contribution in [1.29, 1.82) is 0 Å². The number of aromatic nitrogens is 3. The van der Waals surface area contributed by atoms with Crippen molar-refractivity contribution in [2.75, 3.05) is 44.3 Å². The van der Waals surface area contributed by atoms with Gasteiger partial charge in [0, 0.05) is 32.1 Å². The van der Waals surface area contributed by atoms with Crippen LogP contribution in [0.3, 0.4) is 0 Å². The summed E-state index contributed by atoms with van der Waals surface area (Å²) in [5.41, 5.74) is 0.165. The molecule has 2 heterocycles. The van der Waals surface area contributed by atoms with Gasteiger partial charge in [-0.2, -0.15) is 0 Å². The van der Waals surface area contributed by atoms with Crippen LogP contribution < -0.4 is 4.90 Å². The molecule has 0 atom stereocenters. The minimum Gasteiger partial charge on any atom is -0.379 e. The number of ether oxygens (including phenoxy) is 1. The molecule has 0 spiro atoms. The van der Waals surface area contributed by atoms with Gasteiger partial charge in [0.05, 0.1) is 24.9 Å². The number of carbonyl (C=O) groups excluding carboxylic acids is 1. The molecular formula is C22H34ClN5O2. The van der Waals surface area contributed by atoms with Crippen molar-refractivity contribution in [3.63, 3.8) is 0 Å². The first-order valence-electron chi connectivity index (χ1n) is 11.7. The number of rotatable bonds is 6. The van der Waals surface area contributed by atoms with E-state index < -0.39 is 0 Å². The van der Waals surface area contributed by atoms with E-state index in [1.54, 1.807) is 0 Å². The molecule has 0 unspecified atom stereocenters. The molecule has 8 heteroatoms. The molecule has 7 nitrogen and oxygen atoms in total. The predicted octanol–water partition coefficient (Wildman–Crippen LogP) is 2.70. The first-order valence-corrected chi connectivity index (χ1v) is 11.7. The van der Waals surface area contributed by atoms with Gasteiger partial charge in [-0.05, 0) is 69.1 Å². The minimum absolute atomic E-state index is 0. The van der Waals surface area contributed by atoms with Crippen molar-refractivity contribution in [3.05, 3.63) is 6.20 Å². The highest BCUT2D eigenvalue weighted by atomic mass is 35.5. The molecule has 5 saturated carbocycles. The van der Waals surface area contributed by atoms with E-state index in [0.717, 1.165) is 69.3 Å². The molecule has 4 bridgehead atoms. The number of carbonyl (C=O) groups is 1. The summed E-state index contributed by atoms with van der Waals surface area (Å²) in [7, 11) is 0. The smallest absolute Gasteiger partial charge is 0.231 e. The molecule has 6 fully saturated rings. The van der Waals surface area contributed by atoms with Crippen LogP contribution in [-0.4, -0.2) is 65.2 Å². The fraction of sp³-hybridized carbons (Fsp3) is 0.864. The Hall–Kier alpha value is -1.18. The highest BCUT2D eigenvalue weighted by Gasteiger charge is 2.52. The number of morpholine rings is 1. The maximum absolute atomic E-state index is 13.0. The van der Waals surface area contributed by atoms with Gasteiger partial charge in [0.2, 0.25) is 5.91 Å². The average molecular weight is 436 g/mol. The standard InChI is InChI=1S/C22H33N5O2.ClH/c28-21(19-1-2-19)26(4-3-25-5-7-29-8-6-25)20-15-27(24-23-20)22-12-16-9-17(13-22)11-18(10-16)14-22;/h15-19H,1-14H2;1H. The Kier molecular flexibility index (Phi) is 5.57. The van der Waals surface area contributed by atoms with Crippen LogP contribution in [0.25, 0.3) is 0 Å². The first kappa shape index (κ1) is 20.7. The molecular weight excluding hydrogens is 402 g/mol. The first-order chi connectivity index (χ1) is 14.2. The second-order valence-corrected chi connectivity index (χ2v) is 10.4. The zero-order valence-electron chi connectivity index (χ0n) is 17.7. The zero-order valence-corrected chi connectivity index (χ0v) is 18.6. The molecule has 1 saturated heterocycles. The summed E-state index contributed by atoms with van der Waals surface area (Å²) >= 11 is 0. The Morgan fingerprint density at radius 3 is 2.33 bits per heavy atom. The van der Waals surface area contributed by atoms with Gasteiger partial charge in [0.25, 0.3) is 0 Å². The number of anilines is 1. The van der Waals surface area contributed by atoms with Gasteiger partial charge in [0.1, 0.15) is 0 Å². The van der Waals surface area contributed by atoms with E-state index >= 15 is 0 Å². The van der Waals surface area contributed by atoms with E-state index in [4.69, 9.17) is 4.74 Å². The van der Waals surface area contributed by atoms with Crippen molar-refractivity contribution >= 4 is 24.1 Å². The van der Waals surface area contributed by atoms with E-state index in [1.165, 1.54) is 38.5 Å². The molecule has 0 N–H and O–H groups in total. The quantitative estimate of drug-likeness (QED) is 0.687. The summed E-state index contributed by atoms with van der Waals surface area (Å²) in [5.74, 6) is 3.84. The Morgan fingerprint density at radius 2 is 1.73 bits per heavy atom. The Morgan fingerprint density at radius 1 is 1.10 bits per heavy atom. The molecule has 1 aliphatic heterocycles. The summed E-state index contributed by atoms with van der Waals surface area (Å²) in [6, 6.07) is 0. The number of amides is 1. The van der Waals surface area contributed by atoms with Crippen LogP contribution in [0.2, 0.25) is 0 Å². The van der Waals surface area contributed by atoms with E-state index in [-0.39, 0.29) is 29.8 Å². The molecule has 1 aromatic rings. The fourth-order valence-corrected chi connectivity index (χ4v) is 6.91. The number of nitrogens with zero attached hydrogens (tertiary/aromatic N) is 5. The van der Waals surface area contributed by atoms with Crippen LogP contribution >= 0.6 is 12.4 Å². The lowest BCUT2D eigenvalue weighted by molar-refractivity contribution is -0.119. The largest absolute Gasteiger partial charge is 0.379 e. The van der Waals surface area contributed by atoms with Gasteiger partial charge in [-0.1, -0.05) is 5.21 Å². The van der Waals surface area contributed by atoms with Crippen molar-refractivity contribution in [1.82, 2.24) is 19.9 Å². The van der Waals surface area contributed by atoms with Gasteiger partial charge >= 0.3 is 0 Å². The number of halogens is 1. The fourth-order valence-electron chi connectivity index (χ4n) is 6.91. The highest BCUT2D eigenvalue weighted by Crippen LogP contribution is 2.58. The minimum atomic E-state index is 0. The van der Waals surface area contributed by atoms with E-state index in [1.807, 2.05) is 4.90 Å². The summed E-state index contributed by atoms with van der Waals surface area (Å²) in [6.07, 6.45) is 12.2. The second-order valence-electron chi connectivity index (χ2n) is 10.4. The van der Waals surface area contributed by atoms with Crippen molar-refractivity contribution in [3.8, 4) is 0 Å². The number of hydrogen-bond acceptors (Lipinski definition) is 5.